The molecule has 1 aliphatic rings. The van der Waals surface area contributed by atoms with Crippen LogP contribution in [0.25, 0.3) is 11.0 Å². The highest BCUT2D eigenvalue weighted by Crippen LogP contribution is 2.24. The van der Waals surface area contributed by atoms with Gasteiger partial charge in [-0.15, -0.1) is 0 Å². The summed E-state index contributed by atoms with van der Waals surface area (Å²) in [4.78, 5) is 25.5. The van der Waals surface area contributed by atoms with Gasteiger partial charge in [0.25, 0.3) is 0 Å². The Hall–Kier alpha value is -1.79. The zero-order valence-electron chi connectivity index (χ0n) is 10.0. The van der Waals surface area contributed by atoms with E-state index in [2.05, 4.69) is 19.9 Å². The molecule has 0 atom stereocenters. The number of anilines is 1. The first kappa shape index (κ1) is 12.3. The van der Waals surface area contributed by atoms with Gasteiger partial charge in [-0.1, -0.05) is 0 Å². The lowest BCUT2D eigenvalue weighted by atomic mass is 10.2. The molecule has 0 N–H and O–H groups in total. The molecule has 2 aromatic heterocycles. The Morgan fingerprint density at radius 2 is 2.11 bits per heavy atom. The number of hydrogen-bond donors (Lipinski definition) is 0. The summed E-state index contributed by atoms with van der Waals surface area (Å²) in [5.74, 6) is 0.691. The molecule has 1 fully saturated rings. The van der Waals surface area contributed by atoms with E-state index in [1.54, 1.807) is 6.07 Å². The minimum absolute atomic E-state index is 0.152. The normalized spacial score (nSPS) is 15.7. The van der Waals surface area contributed by atoms with Gasteiger partial charge < -0.3 is 9.64 Å². The van der Waals surface area contributed by atoms with E-state index in [-0.39, 0.29) is 5.28 Å². The molecular formula is C12H11ClN4O2. The topological polar surface area (TPSA) is 68.2 Å². The largest absolute Gasteiger partial charge is 0.378 e. The van der Waals surface area contributed by atoms with Crippen molar-refractivity contribution in [1.29, 1.82) is 0 Å². The third kappa shape index (κ3) is 2.36. The predicted octanol–water partition coefficient (Wildman–Crippen LogP) is 1.33. The van der Waals surface area contributed by atoms with Gasteiger partial charge in [0, 0.05) is 24.8 Å². The Morgan fingerprint density at radius 3 is 2.84 bits per heavy atom. The van der Waals surface area contributed by atoms with Crippen molar-refractivity contribution >= 4 is 34.7 Å². The second-order valence-corrected chi connectivity index (χ2v) is 4.51. The van der Waals surface area contributed by atoms with Crippen molar-refractivity contribution in [3.8, 4) is 0 Å². The highest BCUT2D eigenvalue weighted by atomic mass is 35.5. The Balaban J connectivity index is 2.14. The minimum Gasteiger partial charge on any atom is -0.378 e. The zero-order valence-corrected chi connectivity index (χ0v) is 10.8. The second-order valence-electron chi connectivity index (χ2n) is 4.17. The molecule has 3 rings (SSSR count). The maximum Gasteiger partial charge on any atom is 0.225 e. The summed E-state index contributed by atoms with van der Waals surface area (Å²) in [7, 11) is 0. The van der Waals surface area contributed by atoms with Gasteiger partial charge >= 0.3 is 0 Å². The number of carbonyl (C=O) groups excluding carboxylic acids is 1. The van der Waals surface area contributed by atoms with Gasteiger partial charge in [-0.25, -0.2) is 9.97 Å². The number of halogens is 1. The summed E-state index contributed by atoms with van der Waals surface area (Å²) >= 11 is 5.94. The number of ether oxygens (including phenoxy) is 1. The van der Waals surface area contributed by atoms with Crippen LogP contribution in [-0.2, 0) is 4.74 Å². The smallest absolute Gasteiger partial charge is 0.225 e. The van der Waals surface area contributed by atoms with Crippen LogP contribution in [0.15, 0.2) is 12.3 Å². The van der Waals surface area contributed by atoms with Crippen molar-refractivity contribution in [2.75, 3.05) is 31.2 Å². The van der Waals surface area contributed by atoms with Gasteiger partial charge in [0.2, 0.25) is 5.28 Å². The van der Waals surface area contributed by atoms with Crippen molar-refractivity contribution in [2.45, 2.75) is 0 Å². The SMILES string of the molecule is O=Cc1cnc2c(N3CCOCC3)nc(Cl)nc2c1. The molecule has 0 radical (unpaired) electrons. The van der Waals surface area contributed by atoms with Crippen LogP contribution in [0.1, 0.15) is 10.4 Å². The summed E-state index contributed by atoms with van der Waals surface area (Å²) in [6.07, 6.45) is 2.24. The molecule has 0 spiro atoms. The number of nitrogens with zero attached hydrogens (tertiary/aromatic N) is 4. The number of pyridine rings is 1. The van der Waals surface area contributed by atoms with E-state index in [1.807, 2.05) is 0 Å². The Bertz CT molecular complexity index is 628. The highest BCUT2D eigenvalue weighted by Gasteiger charge is 2.18. The van der Waals surface area contributed by atoms with Crippen LogP contribution < -0.4 is 4.90 Å². The Kier molecular flexibility index (Phi) is 3.27. The summed E-state index contributed by atoms with van der Waals surface area (Å²) < 4.78 is 5.32. The second kappa shape index (κ2) is 5.07. The number of hydrogen-bond acceptors (Lipinski definition) is 6. The summed E-state index contributed by atoms with van der Waals surface area (Å²) in [6, 6.07) is 1.66. The quantitative estimate of drug-likeness (QED) is 0.610. The monoisotopic (exact) mass is 278 g/mol. The third-order valence-electron chi connectivity index (χ3n) is 2.96. The van der Waals surface area contributed by atoms with Gasteiger partial charge in [-0.05, 0) is 17.7 Å². The maximum absolute atomic E-state index is 10.8. The molecule has 1 saturated heterocycles. The Morgan fingerprint density at radius 1 is 1.32 bits per heavy atom. The van der Waals surface area contributed by atoms with Crippen molar-refractivity contribution in [1.82, 2.24) is 15.0 Å². The molecule has 0 amide bonds. The standard InChI is InChI=1S/C12H11ClN4O2/c13-12-15-9-5-8(7-18)6-14-10(9)11(16-12)17-1-3-19-4-2-17/h5-7H,1-4H2. The number of aldehydes is 1. The van der Waals surface area contributed by atoms with Crippen LogP contribution in [0.2, 0.25) is 5.28 Å². The maximum atomic E-state index is 10.8. The van der Waals surface area contributed by atoms with E-state index < -0.39 is 0 Å². The fourth-order valence-corrected chi connectivity index (χ4v) is 2.22. The molecular weight excluding hydrogens is 268 g/mol. The fraction of sp³-hybridized carbons (Fsp3) is 0.333. The number of aromatic nitrogens is 3. The van der Waals surface area contributed by atoms with Crippen LogP contribution in [0, 0.1) is 0 Å². The first-order valence-electron chi connectivity index (χ1n) is 5.89. The van der Waals surface area contributed by atoms with Crippen molar-refractivity contribution in [3.63, 3.8) is 0 Å². The van der Waals surface area contributed by atoms with Gasteiger partial charge in [0.15, 0.2) is 12.1 Å². The highest BCUT2D eigenvalue weighted by molar-refractivity contribution is 6.28. The number of rotatable bonds is 2. The average Bonchev–Trinajstić information content (AvgIpc) is 2.46. The lowest BCUT2D eigenvalue weighted by molar-refractivity contribution is 0.112. The first-order chi connectivity index (χ1) is 9.28. The van der Waals surface area contributed by atoms with Crippen LogP contribution in [-0.4, -0.2) is 47.5 Å². The molecule has 3 heterocycles. The summed E-state index contributed by atoms with van der Waals surface area (Å²) in [5, 5.41) is 0.152. The molecule has 0 unspecified atom stereocenters. The van der Waals surface area contributed by atoms with Gasteiger partial charge in [0.05, 0.1) is 18.7 Å². The van der Waals surface area contributed by atoms with E-state index in [9.17, 15) is 4.79 Å². The zero-order chi connectivity index (χ0) is 13.2. The molecule has 0 saturated carbocycles. The lowest BCUT2D eigenvalue weighted by Crippen LogP contribution is -2.37. The number of carbonyl (C=O) groups is 1. The van der Waals surface area contributed by atoms with Gasteiger partial charge in [0.1, 0.15) is 5.52 Å². The number of morpholine rings is 1. The minimum atomic E-state index is 0.152. The lowest BCUT2D eigenvalue weighted by Gasteiger charge is -2.28. The fourth-order valence-electron chi connectivity index (χ4n) is 2.05. The van der Waals surface area contributed by atoms with Gasteiger partial charge in [-0.3, -0.25) is 4.79 Å². The molecule has 98 valence electrons. The average molecular weight is 279 g/mol. The molecule has 19 heavy (non-hydrogen) atoms. The van der Waals surface area contributed by atoms with E-state index in [0.29, 0.717) is 35.6 Å². The van der Waals surface area contributed by atoms with E-state index in [0.717, 1.165) is 19.4 Å². The van der Waals surface area contributed by atoms with Crippen LogP contribution in [0.4, 0.5) is 5.82 Å². The molecule has 0 bridgehead atoms. The van der Waals surface area contributed by atoms with Crippen molar-refractivity contribution in [2.24, 2.45) is 0 Å². The molecule has 2 aromatic rings. The van der Waals surface area contributed by atoms with Crippen LogP contribution >= 0.6 is 11.6 Å². The summed E-state index contributed by atoms with van der Waals surface area (Å²) in [5.41, 5.74) is 1.69. The molecule has 0 aliphatic carbocycles. The van der Waals surface area contributed by atoms with E-state index in [4.69, 9.17) is 16.3 Å². The third-order valence-corrected chi connectivity index (χ3v) is 3.13. The van der Waals surface area contributed by atoms with Crippen molar-refractivity contribution < 1.29 is 9.53 Å². The molecule has 6 nitrogen and oxygen atoms in total. The number of fused-ring (bicyclic) bond motifs is 1. The van der Waals surface area contributed by atoms with Crippen LogP contribution in [0.3, 0.4) is 0 Å². The van der Waals surface area contributed by atoms with E-state index >= 15 is 0 Å². The first-order valence-corrected chi connectivity index (χ1v) is 6.27. The van der Waals surface area contributed by atoms with Crippen LogP contribution in [0.5, 0.6) is 0 Å². The van der Waals surface area contributed by atoms with Gasteiger partial charge in [-0.2, -0.15) is 4.98 Å². The molecule has 0 aromatic carbocycles. The predicted molar refractivity (Wildman–Crippen MR) is 70.8 cm³/mol. The molecule has 7 heteroatoms. The van der Waals surface area contributed by atoms with Crippen molar-refractivity contribution in [3.05, 3.63) is 23.1 Å². The molecule has 1 aliphatic heterocycles. The van der Waals surface area contributed by atoms with E-state index in [1.165, 1.54) is 6.20 Å². The summed E-state index contributed by atoms with van der Waals surface area (Å²) in [6.45, 7) is 2.77. The Labute approximate surface area is 114 Å².